The number of carboxylic acids is 2. The summed E-state index contributed by atoms with van der Waals surface area (Å²) >= 11 is 0. The molecule has 0 fully saturated rings. The largest absolute Gasteiger partial charge is 0.481 e. The summed E-state index contributed by atoms with van der Waals surface area (Å²) < 4.78 is 0. The molecule has 2 atom stereocenters. The van der Waals surface area contributed by atoms with Crippen LogP contribution in [0.4, 0.5) is 0 Å². The van der Waals surface area contributed by atoms with Crippen molar-refractivity contribution in [3.05, 3.63) is 71.9 Å². The molecule has 144 valence electrons. The molecule has 0 saturated heterocycles. The SMILES string of the molecule is C=C1C=CC(CC(CCC(CC2=CC(=C)CC=C2)C(=O)O)CC(=O)O)=CC1. The molecule has 0 aromatic carbocycles. The van der Waals surface area contributed by atoms with Crippen molar-refractivity contribution in [1.29, 1.82) is 0 Å². The minimum absolute atomic E-state index is 0.0534. The van der Waals surface area contributed by atoms with Crippen LogP contribution in [0.25, 0.3) is 0 Å². The van der Waals surface area contributed by atoms with Gasteiger partial charge in [-0.25, -0.2) is 0 Å². The lowest BCUT2D eigenvalue weighted by Crippen LogP contribution is -2.17. The molecule has 0 bridgehead atoms. The lowest BCUT2D eigenvalue weighted by molar-refractivity contribution is -0.142. The second-order valence-electron chi connectivity index (χ2n) is 7.44. The van der Waals surface area contributed by atoms with E-state index in [4.69, 9.17) is 0 Å². The lowest BCUT2D eigenvalue weighted by Gasteiger charge is -2.20. The molecule has 0 radical (unpaired) electrons. The minimum atomic E-state index is -0.842. The van der Waals surface area contributed by atoms with Crippen molar-refractivity contribution >= 4 is 11.9 Å². The van der Waals surface area contributed by atoms with E-state index in [-0.39, 0.29) is 12.3 Å². The third-order valence-electron chi connectivity index (χ3n) is 5.00. The van der Waals surface area contributed by atoms with Crippen LogP contribution in [-0.4, -0.2) is 22.2 Å². The smallest absolute Gasteiger partial charge is 0.306 e. The van der Waals surface area contributed by atoms with Gasteiger partial charge in [0, 0.05) is 6.42 Å². The van der Waals surface area contributed by atoms with Crippen molar-refractivity contribution < 1.29 is 19.8 Å². The average molecular weight is 368 g/mol. The van der Waals surface area contributed by atoms with Crippen molar-refractivity contribution in [1.82, 2.24) is 0 Å². The van der Waals surface area contributed by atoms with Gasteiger partial charge in [0.05, 0.1) is 5.92 Å². The predicted octanol–water partition coefficient (Wildman–Crippen LogP) is 5.22. The number of hydrogen-bond acceptors (Lipinski definition) is 2. The van der Waals surface area contributed by atoms with Crippen LogP contribution >= 0.6 is 0 Å². The van der Waals surface area contributed by atoms with Gasteiger partial charge in [-0.2, -0.15) is 0 Å². The third kappa shape index (κ3) is 7.26. The molecule has 0 saturated carbocycles. The van der Waals surface area contributed by atoms with Crippen LogP contribution in [-0.2, 0) is 9.59 Å². The van der Waals surface area contributed by atoms with Gasteiger partial charge in [-0.05, 0) is 50.0 Å². The first kappa shape index (κ1) is 20.7. The number of allylic oxidation sites excluding steroid dienone is 10. The Morgan fingerprint density at radius 1 is 0.963 bits per heavy atom. The Bertz CT molecular complexity index is 733. The molecule has 4 heteroatoms. The van der Waals surface area contributed by atoms with Gasteiger partial charge in [-0.3, -0.25) is 9.59 Å². The number of hydrogen-bond donors (Lipinski definition) is 2. The van der Waals surface area contributed by atoms with E-state index in [1.807, 2.05) is 30.4 Å². The second-order valence-corrected chi connectivity index (χ2v) is 7.44. The van der Waals surface area contributed by atoms with Crippen molar-refractivity contribution in [2.45, 2.75) is 44.9 Å². The monoisotopic (exact) mass is 368 g/mol. The molecule has 0 aliphatic heterocycles. The maximum Gasteiger partial charge on any atom is 0.306 e. The summed E-state index contributed by atoms with van der Waals surface area (Å²) in [5.74, 6) is -2.26. The summed E-state index contributed by atoms with van der Waals surface area (Å²) in [7, 11) is 0. The molecular formula is C23H28O4. The Hall–Kier alpha value is -2.62. The summed E-state index contributed by atoms with van der Waals surface area (Å²) in [5, 5.41) is 18.8. The van der Waals surface area contributed by atoms with E-state index in [0.29, 0.717) is 25.7 Å². The van der Waals surface area contributed by atoms with Crippen LogP contribution < -0.4 is 0 Å². The van der Waals surface area contributed by atoms with Crippen molar-refractivity contribution in [3.8, 4) is 0 Å². The Balaban J connectivity index is 1.97. The molecule has 0 spiro atoms. The van der Waals surface area contributed by atoms with E-state index in [9.17, 15) is 19.8 Å². The van der Waals surface area contributed by atoms with Crippen molar-refractivity contribution in [3.63, 3.8) is 0 Å². The zero-order valence-corrected chi connectivity index (χ0v) is 15.7. The molecule has 2 unspecified atom stereocenters. The molecule has 0 amide bonds. The van der Waals surface area contributed by atoms with E-state index in [2.05, 4.69) is 19.2 Å². The summed E-state index contributed by atoms with van der Waals surface area (Å²) in [6.07, 6.45) is 15.7. The standard InChI is InChI=1S/C23H28O4/c1-16-6-8-18(9-7-16)13-20(15-22(24)25)10-11-21(23(26)27)14-19-5-3-4-17(2)12-19/h3,5-6,8-9,12,20-21H,1-2,4,7,10-11,13-15H2,(H,24,25)(H,26,27). The van der Waals surface area contributed by atoms with Gasteiger partial charge in [-0.15, -0.1) is 0 Å². The molecule has 4 nitrogen and oxygen atoms in total. The van der Waals surface area contributed by atoms with E-state index < -0.39 is 17.9 Å². The maximum atomic E-state index is 11.7. The van der Waals surface area contributed by atoms with Crippen molar-refractivity contribution in [2.24, 2.45) is 11.8 Å². The highest BCUT2D eigenvalue weighted by molar-refractivity contribution is 5.70. The number of rotatable bonds is 10. The summed E-state index contributed by atoms with van der Waals surface area (Å²) in [5.41, 5.74) is 4.10. The van der Waals surface area contributed by atoms with Crippen LogP contribution in [0.1, 0.15) is 44.9 Å². The fraction of sp³-hybridized carbons (Fsp3) is 0.391. The highest BCUT2D eigenvalue weighted by atomic mass is 16.4. The highest BCUT2D eigenvalue weighted by Gasteiger charge is 2.23. The van der Waals surface area contributed by atoms with Gasteiger partial charge in [0.25, 0.3) is 0 Å². The molecular weight excluding hydrogens is 340 g/mol. The van der Waals surface area contributed by atoms with E-state index in [0.717, 1.165) is 35.1 Å². The highest BCUT2D eigenvalue weighted by Crippen LogP contribution is 2.29. The van der Waals surface area contributed by atoms with Gasteiger partial charge >= 0.3 is 11.9 Å². The zero-order valence-electron chi connectivity index (χ0n) is 15.7. The maximum absolute atomic E-state index is 11.7. The summed E-state index contributed by atoms with van der Waals surface area (Å²) in [4.78, 5) is 22.9. The lowest BCUT2D eigenvalue weighted by atomic mass is 9.84. The zero-order chi connectivity index (χ0) is 19.8. The molecule has 0 heterocycles. The first-order valence-electron chi connectivity index (χ1n) is 9.38. The molecule has 27 heavy (non-hydrogen) atoms. The molecule has 2 rings (SSSR count). The van der Waals surface area contributed by atoms with Crippen LogP contribution in [0.5, 0.6) is 0 Å². The van der Waals surface area contributed by atoms with Crippen molar-refractivity contribution in [2.75, 3.05) is 0 Å². The second kappa shape index (κ2) is 9.91. The van der Waals surface area contributed by atoms with Gasteiger partial charge < -0.3 is 10.2 Å². The fourth-order valence-electron chi connectivity index (χ4n) is 3.52. The Morgan fingerprint density at radius 3 is 2.33 bits per heavy atom. The molecule has 0 aromatic rings. The molecule has 2 aliphatic rings. The van der Waals surface area contributed by atoms with Gasteiger partial charge in [0.2, 0.25) is 0 Å². The normalized spacial score (nSPS) is 18.7. The number of carboxylic acid groups (broad SMARTS) is 2. The summed E-state index contributed by atoms with van der Waals surface area (Å²) in [6.45, 7) is 7.84. The first-order valence-corrected chi connectivity index (χ1v) is 9.38. The van der Waals surface area contributed by atoms with E-state index in [1.165, 1.54) is 0 Å². The quantitative estimate of drug-likeness (QED) is 0.554. The van der Waals surface area contributed by atoms with Crippen LogP contribution in [0.3, 0.4) is 0 Å². The van der Waals surface area contributed by atoms with E-state index >= 15 is 0 Å². The topological polar surface area (TPSA) is 74.6 Å². The number of aliphatic carboxylic acids is 2. The van der Waals surface area contributed by atoms with Gasteiger partial charge in [0.15, 0.2) is 0 Å². The molecule has 0 aromatic heterocycles. The molecule has 2 N–H and O–H groups in total. The fourth-order valence-corrected chi connectivity index (χ4v) is 3.52. The molecule has 2 aliphatic carbocycles. The Labute approximate surface area is 161 Å². The van der Waals surface area contributed by atoms with Gasteiger partial charge in [-0.1, -0.05) is 66.3 Å². The van der Waals surface area contributed by atoms with Crippen LogP contribution in [0.2, 0.25) is 0 Å². The van der Waals surface area contributed by atoms with Crippen LogP contribution in [0, 0.1) is 11.8 Å². The average Bonchev–Trinajstić information content (AvgIpc) is 2.59. The van der Waals surface area contributed by atoms with Crippen LogP contribution in [0.15, 0.2) is 71.9 Å². The summed E-state index contributed by atoms with van der Waals surface area (Å²) in [6, 6.07) is 0. The van der Waals surface area contributed by atoms with Gasteiger partial charge in [0.1, 0.15) is 0 Å². The van der Waals surface area contributed by atoms with E-state index in [1.54, 1.807) is 0 Å². The minimum Gasteiger partial charge on any atom is -0.481 e. The Morgan fingerprint density at radius 2 is 1.74 bits per heavy atom. The predicted molar refractivity (Wildman–Crippen MR) is 107 cm³/mol. The Kier molecular flexibility index (Phi) is 7.59. The first-order chi connectivity index (χ1) is 12.8. The third-order valence-corrected chi connectivity index (χ3v) is 5.00. The number of carbonyl (C=O) groups is 2.